The summed E-state index contributed by atoms with van der Waals surface area (Å²) in [6, 6.07) is 2.24. The second-order valence-electron chi connectivity index (χ2n) is 3.06. The smallest absolute Gasteiger partial charge is 0.387 e. The molecule has 0 N–H and O–H groups in total. The summed E-state index contributed by atoms with van der Waals surface area (Å²) in [5.74, 6) is -1.36. The van der Waals surface area contributed by atoms with Crippen molar-refractivity contribution in [1.82, 2.24) is 0 Å². The summed E-state index contributed by atoms with van der Waals surface area (Å²) in [5.41, 5.74) is -0.398. The maximum atomic E-state index is 12.2. The molecular formula is C11H9ClF2O4. The van der Waals surface area contributed by atoms with Gasteiger partial charge in [0.25, 0.3) is 0 Å². The fourth-order valence-corrected chi connectivity index (χ4v) is 1.53. The van der Waals surface area contributed by atoms with Crippen LogP contribution < -0.4 is 4.74 Å². The van der Waals surface area contributed by atoms with Crippen LogP contribution in [0.4, 0.5) is 8.78 Å². The zero-order chi connectivity index (χ0) is 13.7. The Labute approximate surface area is 106 Å². The normalized spacial score (nSPS) is 10.3. The van der Waals surface area contributed by atoms with Crippen LogP contribution in [0.2, 0.25) is 5.02 Å². The van der Waals surface area contributed by atoms with Crippen molar-refractivity contribution in [3.05, 3.63) is 28.3 Å². The van der Waals surface area contributed by atoms with Crippen molar-refractivity contribution < 1.29 is 27.8 Å². The second-order valence-corrected chi connectivity index (χ2v) is 3.44. The lowest BCUT2D eigenvalue weighted by atomic mass is 10.1. The highest BCUT2D eigenvalue weighted by molar-refractivity contribution is 6.36. The van der Waals surface area contributed by atoms with E-state index in [1.54, 1.807) is 6.92 Å². The van der Waals surface area contributed by atoms with Crippen LogP contribution in [0, 0.1) is 0 Å². The largest absolute Gasteiger partial charge is 0.462 e. The molecule has 0 spiro atoms. The molecule has 1 aromatic rings. The van der Waals surface area contributed by atoms with E-state index in [1.165, 1.54) is 6.07 Å². The van der Waals surface area contributed by atoms with Gasteiger partial charge in [-0.2, -0.15) is 8.78 Å². The van der Waals surface area contributed by atoms with Gasteiger partial charge in [0.05, 0.1) is 11.6 Å². The van der Waals surface area contributed by atoms with Crippen LogP contribution in [-0.2, 0) is 4.74 Å². The first-order valence-corrected chi connectivity index (χ1v) is 5.28. The fourth-order valence-electron chi connectivity index (χ4n) is 1.25. The molecule has 0 unspecified atom stereocenters. The van der Waals surface area contributed by atoms with Gasteiger partial charge in [0.1, 0.15) is 11.3 Å². The third-order valence-electron chi connectivity index (χ3n) is 1.96. The lowest BCUT2D eigenvalue weighted by molar-refractivity contribution is -0.0504. The Kier molecular flexibility index (Phi) is 5.03. The van der Waals surface area contributed by atoms with Crippen LogP contribution in [0.25, 0.3) is 0 Å². The Hall–Kier alpha value is -1.69. The first-order valence-electron chi connectivity index (χ1n) is 4.90. The van der Waals surface area contributed by atoms with Crippen molar-refractivity contribution in [3.8, 4) is 5.75 Å². The average Bonchev–Trinajstić information content (AvgIpc) is 2.29. The number of alkyl halides is 2. The third kappa shape index (κ3) is 3.16. The van der Waals surface area contributed by atoms with Gasteiger partial charge >= 0.3 is 12.6 Å². The number of ether oxygens (including phenoxy) is 2. The van der Waals surface area contributed by atoms with Gasteiger partial charge in [-0.1, -0.05) is 11.6 Å². The summed E-state index contributed by atoms with van der Waals surface area (Å²) in [6.45, 7) is -1.53. The summed E-state index contributed by atoms with van der Waals surface area (Å²) in [7, 11) is 0. The maximum absolute atomic E-state index is 12.2. The number of halogens is 3. The summed E-state index contributed by atoms with van der Waals surface area (Å²) in [6.07, 6.45) is 0.400. The van der Waals surface area contributed by atoms with Crippen LogP contribution >= 0.6 is 11.6 Å². The summed E-state index contributed by atoms with van der Waals surface area (Å²) in [5, 5.41) is -0.276. The van der Waals surface area contributed by atoms with Crippen LogP contribution in [0.3, 0.4) is 0 Å². The molecule has 18 heavy (non-hydrogen) atoms. The quantitative estimate of drug-likeness (QED) is 0.614. The van der Waals surface area contributed by atoms with Gasteiger partial charge in [-0.25, -0.2) is 4.79 Å². The van der Waals surface area contributed by atoms with E-state index in [-0.39, 0.29) is 22.8 Å². The Morgan fingerprint density at radius 2 is 2.17 bits per heavy atom. The molecule has 0 heterocycles. The van der Waals surface area contributed by atoms with E-state index in [0.717, 1.165) is 6.07 Å². The van der Waals surface area contributed by atoms with E-state index in [9.17, 15) is 18.4 Å². The number of carbonyl (C=O) groups excluding carboxylic acids is 2. The van der Waals surface area contributed by atoms with E-state index < -0.39 is 18.3 Å². The molecule has 0 saturated carbocycles. The van der Waals surface area contributed by atoms with Crippen LogP contribution in [0.5, 0.6) is 5.75 Å². The van der Waals surface area contributed by atoms with Crippen molar-refractivity contribution >= 4 is 23.9 Å². The van der Waals surface area contributed by atoms with Gasteiger partial charge in [0.15, 0.2) is 6.29 Å². The molecule has 0 amide bonds. The number of esters is 1. The Balaban J connectivity index is 3.30. The number of benzene rings is 1. The SMILES string of the molecule is CCOC(=O)c1c(OC(F)F)ccc(C=O)c1Cl. The first-order chi connectivity index (χ1) is 8.51. The number of hydrogen-bond donors (Lipinski definition) is 0. The molecule has 0 saturated heterocycles. The number of carbonyl (C=O) groups is 2. The van der Waals surface area contributed by atoms with Crippen LogP contribution in [-0.4, -0.2) is 25.5 Å². The average molecular weight is 279 g/mol. The number of hydrogen-bond acceptors (Lipinski definition) is 4. The standard InChI is InChI=1S/C11H9ClF2O4/c1-2-17-10(16)8-7(18-11(13)14)4-3-6(5-15)9(8)12/h3-5,11H,2H2,1H3. The van der Waals surface area contributed by atoms with Crippen LogP contribution in [0.15, 0.2) is 12.1 Å². The highest BCUT2D eigenvalue weighted by Gasteiger charge is 2.22. The highest BCUT2D eigenvalue weighted by atomic mass is 35.5. The van der Waals surface area contributed by atoms with E-state index in [2.05, 4.69) is 9.47 Å². The van der Waals surface area contributed by atoms with Gasteiger partial charge in [0.2, 0.25) is 0 Å². The number of rotatable bonds is 5. The summed E-state index contributed by atoms with van der Waals surface area (Å²) >= 11 is 5.77. The van der Waals surface area contributed by atoms with E-state index >= 15 is 0 Å². The molecule has 0 bridgehead atoms. The van der Waals surface area contributed by atoms with Gasteiger partial charge < -0.3 is 9.47 Å². The minimum Gasteiger partial charge on any atom is -0.462 e. The molecule has 0 aromatic heterocycles. The molecular weight excluding hydrogens is 270 g/mol. The first kappa shape index (κ1) is 14.4. The Bertz CT molecular complexity index is 463. The topological polar surface area (TPSA) is 52.6 Å². The molecule has 1 aromatic carbocycles. The van der Waals surface area contributed by atoms with E-state index in [4.69, 9.17) is 11.6 Å². The molecule has 0 radical (unpaired) electrons. The lowest BCUT2D eigenvalue weighted by Crippen LogP contribution is -2.12. The highest BCUT2D eigenvalue weighted by Crippen LogP contribution is 2.31. The molecule has 1 rings (SSSR count). The van der Waals surface area contributed by atoms with Crippen molar-refractivity contribution in [2.24, 2.45) is 0 Å². The summed E-state index contributed by atoms with van der Waals surface area (Å²) in [4.78, 5) is 22.3. The molecule has 0 atom stereocenters. The Morgan fingerprint density at radius 3 is 2.67 bits per heavy atom. The van der Waals surface area contributed by atoms with Gasteiger partial charge in [0, 0.05) is 5.56 Å². The van der Waals surface area contributed by atoms with E-state index in [1.807, 2.05) is 0 Å². The molecule has 0 aliphatic carbocycles. The minimum atomic E-state index is -3.11. The molecule has 0 aliphatic rings. The molecule has 98 valence electrons. The minimum absolute atomic E-state index is 0.0127. The fraction of sp³-hybridized carbons (Fsp3) is 0.273. The zero-order valence-corrected chi connectivity index (χ0v) is 10.0. The van der Waals surface area contributed by atoms with Crippen molar-refractivity contribution in [1.29, 1.82) is 0 Å². The van der Waals surface area contributed by atoms with Crippen molar-refractivity contribution in [3.63, 3.8) is 0 Å². The van der Waals surface area contributed by atoms with Crippen molar-refractivity contribution in [2.45, 2.75) is 13.5 Å². The molecule has 4 nitrogen and oxygen atoms in total. The van der Waals surface area contributed by atoms with Gasteiger partial charge in [-0.3, -0.25) is 4.79 Å². The maximum Gasteiger partial charge on any atom is 0.387 e. The molecule has 0 fully saturated rings. The third-order valence-corrected chi connectivity index (χ3v) is 2.36. The predicted octanol–water partition coefficient (Wildman–Crippen LogP) is 2.93. The van der Waals surface area contributed by atoms with E-state index in [0.29, 0.717) is 6.29 Å². The second kappa shape index (κ2) is 6.30. The Morgan fingerprint density at radius 1 is 1.50 bits per heavy atom. The molecule has 0 aliphatic heterocycles. The number of aldehydes is 1. The predicted molar refractivity (Wildman–Crippen MR) is 59.4 cm³/mol. The van der Waals surface area contributed by atoms with Crippen molar-refractivity contribution in [2.75, 3.05) is 6.61 Å². The van der Waals surface area contributed by atoms with Gasteiger partial charge in [-0.15, -0.1) is 0 Å². The van der Waals surface area contributed by atoms with Crippen LogP contribution in [0.1, 0.15) is 27.6 Å². The monoisotopic (exact) mass is 278 g/mol. The van der Waals surface area contributed by atoms with Gasteiger partial charge in [-0.05, 0) is 19.1 Å². The zero-order valence-electron chi connectivity index (χ0n) is 9.28. The summed E-state index contributed by atoms with van der Waals surface area (Å²) < 4.78 is 33.2. The lowest BCUT2D eigenvalue weighted by Gasteiger charge is -2.12. The molecule has 7 heteroatoms.